The fourth-order valence-electron chi connectivity index (χ4n) is 2.33. The van der Waals surface area contributed by atoms with Gasteiger partial charge in [-0.25, -0.2) is 0 Å². The van der Waals surface area contributed by atoms with Gasteiger partial charge in [0.15, 0.2) is 8.32 Å². The molecule has 0 amide bonds. The van der Waals surface area contributed by atoms with Crippen molar-refractivity contribution < 1.29 is 14.3 Å². The van der Waals surface area contributed by atoms with Crippen LogP contribution in [0.3, 0.4) is 0 Å². The molecule has 1 rings (SSSR count). The topological polar surface area (TPSA) is 38.7 Å². The van der Waals surface area contributed by atoms with Crippen LogP contribution in [0.4, 0.5) is 0 Å². The molecular weight excluding hydrogens is 292 g/mol. The van der Waals surface area contributed by atoms with Crippen LogP contribution in [0.15, 0.2) is 24.8 Å². The van der Waals surface area contributed by atoms with Crippen LogP contribution in [0.5, 0.6) is 0 Å². The molecule has 1 aliphatic carbocycles. The number of hydrogen-bond acceptors (Lipinski definition) is 3. The molecule has 22 heavy (non-hydrogen) atoms. The van der Waals surface area contributed by atoms with Gasteiger partial charge in [-0.15, -0.1) is 6.58 Å². The maximum atomic E-state index is 11.0. The minimum atomic E-state index is -2.02. The Morgan fingerprint density at radius 2 is 1.77 bits per heavy atom. The highest BCUT2D eigenvalue weighted by atomic mass is 28.4. The van der Waals surface area contributed by atoms with Crippen molar-refractivity contribution in [2.24, 2.45) is 0 Å². The molecule has 1 aliphatic rings. The Morgan fingerprint density at radius 1 is 1.23 bits per heavy atom. The molecule has 0 bridgehead atoms. The second kappa shape index (κ2) is 6.23. The summed E-state index contributed by atoms with van der Waals surface area (Å²) in [6, 6.07) is 0. The van der Waals surface area contributed by atoms with Gasteiger partial charge in [0.1, 0.15) is 17.8 Å². The third kappa shape index (κ3) is 4.54. The molecule has 3 atom stereocenters. The Bertz CT molecular complexity index is 429. The van der Waals surface area contributed by atoms with Crippen LogP contribution in [-0.2, 0) is 9.16 Å². The zero-order valence-electron chi connectivity index (χ0n) is 15.6. The molecule has 0 fully saturated rings. The molecule has 3 nitrogen and oxygen atoms in total. The summed E-state index contributed by atoms with van der Waals surface area (Å²) in [6.07, 6.45) is 5.35. The van der Waals surface area contributed by atoms with Crippen molar-refractivity contribution >= 4 is 8.32 Å². The van der Waals surface area contributed by atoms with E-state index >= 15 is 0 Å². The summed E-state index contributed by atoms with van der Waals surface area (Å²) in [7, 11) is -2.02. The van der Waals surface area contributed by atoms with E-state index in [1.807, 2.05) is 32.9 Å². The highest BCUT2D eigenvalue weighted by Gasteiger charge is 2.50. The molecule has 0 saturated heterocycles. The van der Waals surface area contributed by atoms with E-state index < -0.39 is 13.9 Å². The molecule has 0 radical (unpaired) electrons. The Morgan fingerprint density at radius 3 is 2.18 bits per heavy atom. The molecule has 1 N–H and O–H groups in total. The first-order chi connectivity index (χ1) is 9.72. The summed E-state index contributed by atoms with van der Waals surface area (Å²) >= 11 is 0. The van der Waals surface area contributed by atoms with Gasteiger partial charge >= 0.3 is 0 Å². The highest BCUT2D eigenvalue weighted by molar-refractivity contribution is 6.74. The van der Waals surface area contributed by atoms with Crippen molar-refractivity contribution in [1.82, 2.24) is 0 Å². The van der Waals surface area contributed by atoms with Crippen molar-refractivity contribution in [2.75, 3.05) is 0 Å². The predicted molar refractivity (Wildman–Crippen MR) is 95.6 cm³/mol. The normalized spacial score (nSPS) is 29.9. The summed E-state index contributed by atoms with van der Waals surface area (Å²) in [6.45, 7) is 20.8. The molecule has 128 valence electrons. The second-order valence-electron chi connectivity index (χ2n) is 8.84. The van der Waals surface area contributed by atoms with Gasteiger partial charge in [0, 0.05) is 6.42 Å². The molecule has 1 unspecified atom stereocenters. The first kappa shape index (κ1) is 19.6. The largest absolute Gasteiger partial charge is 0.408 e. The van der Waals surface area contributed by atoms with Crippen molar-refractivity contribution in [3.63, 3.8) is 0 Å². The van der Waals surface area contributed by atoms with Gasteiger partial charge in [0.25, 0.3) is 0 Å². The standard InChI is InChI=1S/C18H34O3Si/c1-10-12-18(19)13-11-14(20-16(2,3)4)15(18)21-22(8,9)17(5,6)7/h10-11,13-15,19H,1,12H2,2-9H3/t14-,15+,18?/m0/s1. The Labute approximate surface area is 137 Å². The van der Waals surface area contributed by atoms with Crippen LogP contribution >= 0.6 is 0 Å². The molecule has 0 aromatic rings. The summed E-state index contributed by atoms with van der Waals surface area (Å²) in [5.41, 5.74) is -1.32. The molecular formula is C18H34O3Si. The lowest BCUT2D eigenvalue weighted by Gasteiger charge is -2.44. The second-order valence-corrected chi connectivity index (χ2v) is 13.6. The van der Waals surface area contributed by atoms with E-state index in [0.717, 1.165) is 0 Å². The van der Waals surface area contributed by atoms with Gasteiger partial charge in [-0.2, -0.15) is 0 Å². The average molecular weight is 327 g/mol. The maximum absolute atomic E-state index is 11.0. The van der Waals surface area contributed by atoms with Gasteiger partial charge in [0.05, 0.1) is 5.60 Å². The van der Waals surface area contributed by atoms with Crippen molar-refractivity contribution in [2.45, 2.75) is 89.5 Å². The fourth-order valence-corrected chi connectivity index (χ4v) is 3.66. The maximum Gasteiger partial charge on any atom is 0.192 e. The van der Waals surface area contributed by atoms with Gasteiger partial charge in [-0.1, -0.05) is 39.0 Å². The minimum Gasteiger partial charge on any atom is -0.408 e. The van der Waals surface area contributed by atoms with Gasteiger partial charge in [0.2, 0.25) is 0 Å². The van der Waals surface area contributed by atoms with Gasteiger partial charge in [-0.3, -0.25) is 0 Å². The molecule has 0 aromatic carbocycles. The van der Waals surface area contributed by atoms with Crippen LogP contribution in [0, 0.1) is 0 Å². The third-order valence-corrected chi connectivity index (χ3v) is 9.01. The van der Waals surface area contributed by atoms with Crippen molar-refractivity contribution in [3.05, 3.63) is 24.8 Å². The van der Waals surface area contributed by atoms with E-state index in [0.29, 0.717) is 6.42 Å². The van der Waals surface area contributed by atoms with Crippen LogP contribution in [0.25, 0.3) is 0 Å². The minimum absolute atomic E-state index is 0.0803. The zero-order valence-corrected chi connectivity index (χ0v) is 16.6. The number of ether oxygens (including phenoxy) is 1. The summed E-state index contributed by atoms with van der Waals surface area (Å²) < 4.78 is 12.7. The fraction of sp³-hybridized carbons (Fsp3) is 0.778. The van der Waals surface area contributed by atoms with Crippen LogP contribution in [-0.4, -0.2) is 36.8 Å². The van der Waals surface area contributed by atoms with E-state index in [-0.39, 0.29) is 22.8 Å². The lowest BCUT2D eigenvalue weighted by molar-refractivity contribution is -0.123. The van der Waals surface area contributed by atoms with E-state index in [9.17, 15) is 5.11 Å². The zero-order chi connectivity index (χ0) is 17.4. The monoisotopic (exact) mass is 326 g/mol. The summed E-state index contributed by atoms with van der Waals surface area (Å²) in [5.74, 6) is 0. The SMILES string of the molecule is C=CCC1(O)C=C[C@H](OC(C)(C)C)[C@H]1O[Si](C)(C)C(C)(C)C. The Hall–Kier alpha value is -0.423. The molecule has 4 heteroatoms. The van der Waals surface area contributed by atoms with E-state index in [2.05, 4.69) is 40.4 Å². The van der Waals surface area contributed by atoms with E-state index in [1.165, 1.54) is 0 Å². The van der Waals surface area contributed by atoms with E-state index in [1.54, 1.807) is 6.08 Å². The molecule has 0 spiro atoms. The van der Waals surface area contributed by atoms with Gasteiger partial charge < -0.3 is 14.3 Å². The van der Waals surface area contributed by atoms with Crippen molar-refractivity contribution in [1.29, 1.82) is 0 Å². The van der Waals surface area contributed by atoms with E-state index in [4.69, 9.17) is 9.16 Å². The first-order valence-corrected chi connectivity index (χ1v) is 11.0. The summed E-state index contributed by atoms with van der Waals surface area (Å²) in [5, 5.41) is 11.1. The molecule has 0 saturated carbocycles. The number of hydrogen-bond donors (Lipinski definition) is 1. The average Bonchev–Trinajstić information content (AvgIpc) is 2.54. The Kier molecular flexibility index (Phi) is 5.56. The quantitative estimate of drug-likeness (QED) is 0.600. The highest BCUT2D eigenvalue weighted by Crippen LogP contribution is 2.42. The molecule has 0 aliphatic heterocycles. The molecule has 0 heterocycles. The first-order valence-electron chi connectivity index (χ1n) is 8.10. The number of aliphatic hydroxyl groups is 1. The summed E-state index contributed by atoms with van der Waals surface area (Å²) in [4.78, 5) is 0. The van der Waals surface area contributed by atoms with Gasteiger partial charge in [-0.05, 0) is 38.9 Å². The van der Waals surface area contributed by atoms with Crippen LogP contribution < -0.4 is 0 Å². The predicted octanol–water partition coefficient (Wildman–Crippen LogP) is 4.44. The lowest BCUT2D eigenvalue weighted by atomic mass is 9.95. The number of rotatable bonds is 5. The lowest BCUT2D eigenvalue weighted by Crippen LogP contribution is -2.54. The van der Waals surface area contributed by atoms with Crippen molar-refractivity contribution in [3.8, 4) is 0 Å². The third-order valence-electron chi connectivity index (χ3n) is 4.55. The molecule has 0 aromatic heterocycles. The smallest absolute Gasteiger partial charge is 0.192 e. The van der Waals surface area contributed by atoms with Crippen LogP contribution in [0.1, 0.15) is 48.0 Å². The van der Waals surface area contributed by atoms with Crippen LogP contribution in [0.2, 0.25) is 18.1 Å². The Balaban J connectivity index is 3.07.